The zero-order valence-corrected chi connectivity index (χ0v) is 9.21. The Morgan fingerprint density at radius 2 is 2.31 bits per heavy atom. The molecular weight excluding hydrogens is 221 g/mol. The minimum atomic E-state index is -4.29. The molecule has 3 nitrogen and oxygen atoms in total. The van der Waals surface area contributed by atoms with Crippen LogP contribution in [-0.2, 0) is 4.74 Å². The first-order chi connectivity index (χ1) is 7.42. The predicted octanol–water partition coefficient (Wildman–Crippen LogP) is 1.90. The van der Waals surface area contributed by atoms with Crippen LogP contribution in [0.15, 0.2) is 16.6 Å². The van der Waals surface area contributed by atoms with Crippen molar-refractivity contribution < 1.29 is 17.9 Å². The fourth-order valence-electron chi connectivity index (χ4n) is 1.28. The van der Waals surface area contributed by atoms with Crippen LogP contribution >= 0.6 is 0 Å². The van der Waals surface area contributed by atoms with Crippen LogP contribution in [0, 0.1) is 0 Å². The Morgan fingerprint density at radius 3 is 2.75 bits per heavy atom. The minimum Gasteiger partial charge on any atom is -0.347 e. The van der Waals surface area contributed by atoms with Gasteiger partial charge in [-0.1, -0.05) is 6.08 Å². The van der Waals surface area contributed by atoms with E-state index in [4.69, 9.17) is 0 Å². The van der Waals surface area contributed by atoms with Gasteiger partial charge in [-0.05, 0) is 19.5 Å². The van der Waals surface area contributed by atoms with Crippen molar-refractivity contribution in [2.75, 3.05) is 13.7 Å². The molecule has 1 heterocycles. The summed E-state index contributed by atoms with van der Waals surface area (Å²) in [5.41, 5.74) is 0.967. The number of aliphatic imine (C=N–C) groups is 1. The van der Waals surface area contributed by atoms with Crippen molar-refractivity contribution in [3.63, 3.8) is 0 Å². The maximum Gasteiger partial charge on any atom is 0.411 e. The summed E-state index contributed by atoms with van der Waals surface area (Å²) >= 11 is 0. The maximum absolute atomic E-state index is 11.9. The highest BCUT2D eigenvalue weighted by Gasteiger charge is 2.29. The van der Waals surface area contributed by atoms with E-state index < -0.39 is 19.0 Å². The van der Waals surface area contributed by atoms with E-state index in [2.05, 4.69) is 15.0 Å². The summed E-state index contributed by atoms with van der Waals surface area (Å²) in [6.45, 7) is 0.703. The van der Waals surface area contributed by atoms with E-state index in [1.807, 2.05) is 20.0 Å². The molecule has 0 aromatic heterocycles. The second kappa shape index (κ2) is 5.45. The first-order valence-corrected chi connectivity index (χ1v) is 5.01. The molecule has 1 rings (SSSR count). The number of alkyl halides is 3. The van der Waals surface area contributed by atoms with Crippen LogP contribution in [0.5, 0.6) is 0 Å². The normalized spacial score (nSPS) is 23.1. The Balaban J connectivity index is 2.38. The van der Waals surface area contributed by atoms with E-state index in [-0.39, 0.29) is 6.04 Å². The number of likely N-dealkylation sites (N-methyl/N-ethyl adjacent to an activating group) is 1. The molecule has 92 valence electrons. The van der Waals surface area contributed by atoms with E-state index in [9.17, 15) is 13.2 Å². The number of halogens is 3. The van der Waals surface area contributed by atoms with Gasteiger partial charge in [0.05, 0.1) is 0 Å². The molecule has 0 saturated carbocycles. The van der Waals surface area contributed by atoms with Crippen LogP contribution in [-0.4, -0.2) is 38.3 Å². The van der Waals surface area contributed by atoms with Crippen molar-refractivity contribution in [2.24, 2.45) is 4.99 Å². The standard InChI is InChI=1S/C10H15F3N2O/c1-7(14-2)8-3-4-9(15-5-8)16-6-10(11,12)13/h3,5,7,9,14H,4,6H2,1-2H3. The SMILES string of the molecule is CNC(C)C1=CCC(OCC(F)(F)F)N=C1. The van der Waals surface area contributed by atoms with Crippen molar-refractivity contribution in [1.29, 1.82) is 0 Å². The molecule has 1 N–H and O–H groups in total. The van der Waals surface area contributed by atoms with Gasteiger partial charge in [0.1, 0.15) is 6.61 Å². The van der Waals surface area contributed by atoms with Gasteiger partial charge < -0.3 is 10.1 Å². The monoisotopic (exact) mass is 236 g/mol. The van der Waals surface area contributed by atoms with Gasteiger partial charge in [-0.3, -0.25) is 4.99 Å². The molecule has 2 atom stereocenters. The van der Waals surface area contributed by atoms with E-state index in [1.54, 1.807) is 6.21 Å². The molecule has 0 amide bonds. The van der Waals surface area contributed by atoms with Crippen molar-refractivity contribution >= 4 is 6.21 Å². The van der Waals surface area contributed by atoms with E-state index in [1.165, 1.54) is 0 Å². The van der Waals surface area contributed by atoms with Crippen molar-refractivity contribution in [3.8, 4) is 0 Å². The number of hydrogen-bond donors (Lipinski definition) is 1. The van der Waals surface area contributed by atoms with Gasteiger partial charge in [-0.2, -0.15) is 13.2 Å². The smallest absolute Gasteiger partial charge is 0.347 e. The highest BCUT2D eigenvalue weighted by atomic mass is 19.4. The largest absolute Gasteiger partial charge is 0.411 e. The summed E-state index contributed by atoms with van der Waals surface area (Å²) < 4.78 is 40.2. The Bertz CT molecular complexity index is 286. The Morgan fingerprint density at radius 1 is 1.62 bits per heavy atom. The third-order valence-electron chi connectivity index (χ3n) is 2.32. The first-order valence-electron chi connectivity index (χ1n) is 5.01. The third kappa shape index (κ3) is 4.32. The summed E-state index contributed by atoms with van der Waals surface area (Å²) in [5.74, 6) is 0. The molecule has 1 aliphatic rings. The first kappa shape index (κ1) is 13.2. The summed E-state index contributed by atoms with van der Waals surface area (Å²) in [6, 6.07) is 0.146. The molecule has 0 radical (unpaired) electrons. The molecule has 2 unspecified atom stereocenters. The molecule has 0 aliphatic carbocycles. The molecule has 16 heavy (non-hydrogen) atoms. The van der Waals surface area contributed by atoms with E-state index in [0.717, 1.165) is 5.57 Å². The lowest BCUT2D eigenvalue weighted by molar-refractivity contribution is -0.184. The van der Waals surface area contributed by atoms with Gasteiger partial charge >= 0.3 is 6.18 Å². The molecule has 6 heteroatoms. The van der Waals surface area contributed by atoms with Crippen LogP contribution in [0.3, 0.4) is 0 Å². The molecular formula is C10H15F3N2O. The fraction of sp³-hybridized carbons (Fsp3) is 0.700. The molecule has 0 aromatic rings. The molecule has 0 fully saturated rings. The van der Waals surface area contributed by atoms with Crippen LogP contribution in [0.4, 0.5) is 13.2 Å². The lowest BCUT2D eigenvalue weighted by atomic mass is 10.1. The summed E-state index contributed by atoms with van der Waals surface area (Å²) in [7, 11) is 1.81. The van der Waals surface area contributed by atoms with Crippen molar-refractivity contribution in [2.45, 2.75) is 31.8 Å². The second-order valence-electron chi connectivity index (χ2n) is 3.61. The third-order valence-corrected chi connectivity index (χ3v) is 2.32. The van der Waals surface area contributed by atoms with Gasteiger partial charge in [0.25, 0.3) is 0 Å². The summed E-state index contributed by atoms with van der Waals surface area (Å²) in [5, 5.41) is 3.03. The predicted molar refractivity (Wildman–Crippen MR) is 55.5 cm³/mol. The molecule has 0 aromatic carbocycles. The fourth-order valence-corrected chi connectivity index (χ4v) is 1.28. The average molecular weight is 236 g/mol. The topological polar surface area (TPSA) is 33.6 Å². The van der Waals surface area contributed by atoms with Crippen LogP contribution in [0.2, 0.25) is 0 Å². The van der Waals surface area contributed by atoms with Gasteiger partial charge in [0.15, 0.2) is 6.23 Å². The number of hydrogen-bond acceptors (Lipinski definition) is 3. The highest BCUT2D eigenvalue weighted by molar-refractivity contribution is 5.80. The number of nitrogens with one attached hydrogen (secondary N) is 1. The number of rotatable bonds is 4. The maximum atomic E-state index is 11.9. The van der Waals surface area contributed by atoms with Crippen LogP contribution in [0.25, 0.3) is 0 Å². The minimum absolute atomic E-state index is 0.146. The number of nitrogens with zero attached hydrogens (tertiary/aromatic N) is 1. The van der Waals surface area contributed by atoms with Crippen LogP contribution in [0.1, 0.15) is 13.3 Å². The van der Waals surface area contributed by atoms with Gasteiger partial charge in [-0.25, -0.2) is 0 Å². The summed E-state index contributed by atoms with van der Waals surface area (Å²) in [6.07, 6.45) is -1.22. The van der Waals surface area contributed by atoms with E-state index >= 15 is 0 Å². The summed E-state index contributed by atoms with van der Waals surface area (Å²) in [4.78, 5) is 3.93. The van der Waals surface area contributed by atoms with Gasteiger partial charge in [0.2, 0.25) is 0 Å². The highest BCUT2D eigenvalue weighted by Crippen LogP contribution is 2.18. The van der Waals surface area contributed by atoms with Gasteiger partial charge in [-0.15, -0.1) is 0 Å². The lowest BCUT2D eigenvalue weighted by Gasteiger charge is -2.20. The quantitative estimate of drug-likeness (QED) is 0.808. The van der Waals surface area contributed by atoms with Crippen molar-refractivity contribution in [3.05, 3.63) is 11.6 Å². The Labute approximate surface area is 92.4 Å². The number of dihydropyridines is 1. The van der Waals surface area contributed by atoms with Crippen LogP contribution < -0.4 is 5.32 Å². The molecule has 0 spiro atoms. The zero-order chi connectivity index (χ0) is 12.2. The van der Waals surface area contributed by atoms with Gasteiger partial charge in [0, 0.05) is 18.7 Å². The van der Waals surface area contributed by atoms with Crippen molar-refractivity contribution in [1.82, 2.24) is 5.32 Å². The zero-order valence-electron chi connectivity index (χ0n) is 9.21. The Hall–Kier alpha value is -0.880. The average Bonchev–Trinajstić information content (AvgIpc) is 2.25. The molecule has 0 saturated heterocycles. The second-order valence-corrected chi connectivity index (χ2v) is 3.61. The molecule has 1 aliphatic heterocycles. The van der Waals surface area contributed by atoms with E-state index in [0.29, 0.717) is 6.42 Å². The Kier molecular flexibility index (Phi) is 4.49. The lowest BCUT2D eigenvalue weighted by Crippen LogP contribution is -2.28. The number of ether oxygens (including phenoxy) is 1. The molecule has 0 bridgehead atoms.